The van der Waals surface area contributed by atoms with Crippen LogP contribution in [0.1, 0.15) is 29.3 Å². The van der Waals surface area contributed by atoms with E-state index < -0.39 is 0 Å². The Labute approximate surface area is 166 Å². The molecule has 0 bridgehead atoms. The molecule has 0 saturated carbocycles. The van der Waals surface area contributed by atoms with Crippen molar-refractivity contribution in [1.82, 2.24) is 20.3 Å². The zero-order valence-corrected chi connectivity index (χ0v) is 16.0. The molecule has 8 nitrogen and oxygen atoms in total. The van der Waals surface area contributed by atoms with E-state index in [0.717, 1.165) is 11.3 Å². The lowest BCUT2D eigenvalue weighted by atomic mass is 10.1. The fourth-order valence-electron chi connectivity index (χ4n) is 3.52. The van der Waals surface area contributed by atoms with Gasteiger partial charge in [-0.3, -0.25) is 9.89 Å². The number of furan rings is 1. The Bertz CT molecular complexity index is 1170. The van der Waals surface area contributed by atoms with Gasteiger partial charge in [-0.2, -0.15) is 10.1 Å². The van der Waals surface area contributed by atoms with Crippen molar-refractivity contribution in [3.05, 3.63) is 59.6 Å². The highest BCUT2D eigenvalue weighted by atomic mass is 16.5. The average molecular weight is 389 g/mol. The number of benzene rings is 1. The number of anilines is 1. The standard InChI is InChI=1S/C21H19N5O3/c1-12-5-6-15(8-13(12)2)26-11-14(9-19(26)27)20-22-21(29-25-20)17-10-16(23-24-17)18-4-3-7-28-18/h3-8,10,14H,9,11H2,1-2H3,(H,23,24). The van der Waals surface area contributed by atoms with Gasteiger partial charge in [-0.05, 0) is 49.2 Å². The highest BCUT2D eigenvalue weighted by Crippen LogP contribution is 2.32. The Morgan fingerprint density at radius 2 is 2.07 bits per heavy atom. The minimum atomic E-state index is -0.117. The number of H-pyrrole nitrogens is 1. The number of aromatic amines is 1. The predicted octanol–water partition coefficient (Wildman–Crippen LogP) is 3.86. The largest absolute Gasteiger partial charge is 0.463 e. The summed E-state index contributed by atoms with van der Waals surface area (Å²) < 4.78 is 10.8. The Balaban J connectivity index is 1.36. The molecule has 1 fully saturated rings. The van der Waals surface area contributed by atoms with Gasteiger partial charge in [-0.1, -0.05) is 11.2 Å². The third-order valence-corrected chi connectivity index (χ3v) is 5.32. The van der Waals surface area contributed by atoms with Gasteiger partial charge in [0, 0.05) is 30.6 Å². The highest BCUT2D eigenvalue weighted by Gasteiger charge is 2.35. The second kappa shape index (κ2) is 6.73. The lowest BCUT2D eigenvalue weighted by Gasteiger charge is -2.17. The molecular weight excluding hydrogens is 370 g/mol. The molecule has 1 unspecified atom stereocenters. The molecule has 1 aliphatic rings. The molecule has 4 aromatic rings. The molecule has 1 aromatic carbocycles. The molecule has 3 aromatic heterocycles. The van der Waals surface area contributed by atoms with Crippen molar-refractivity contribution in [2.45, 2.75) is 26.2 Å². The molecule has 5 rings (SSSR count). The van der Waals surface area contributed by atoms with Crippen LogP contribution in [0.15, 0.2) is 51.6 Å². The maximum Gasteiger partial charge on any atom is 0.275 e. The van der Waals surface area contributed by atoms with Crippen molar-refractivity contribution in [3.8, 4) is 23.0 Å². The van der Waals surface area contributed by atoms with Gasteiger partial charge >= 0.3 is 0 Å². The van der Waals surface area contributed by atoms with E-state index in [0.29, 0.717) is 41.8 Å². The number of aryl methyl sites for hydroxylation is 2. The van der Waals surface area contributed by atoms with Crippen molar-refractivity contribution >= 4 is 11.6 Å². The van der Waals surface area contributed by atoms with Crippen molar-refractivity contribution < 1.29 is 13.7 Å². The van der Waals surface area contributed by atoms with Gasteiger partial charge < -0.3 is 13.8 Å². The summed E-state index contributed by atoms with van der Waals surface area (Å²) in [4.78, 5) is 18.9. The van der Waals surface area contributed by atoms with Crippen LogP contribution in [0.3, 0.4) is 0 Å². The zero-order valence-electron chi connectivity index (χ0n) is 16.0. The zero-order chi connectivity index (χ0) is 20.0. The van der Waals surface area contributed by atoms with Crippen LogP contribution in [0.4, 0.5) is 5.69 Å². The van der Waals surface area contributed by atoms with Crippen molar-refractivity contribution in [2.75, 3.05) is 11.4 Å². The quantitative estimate of drug-likeness (QED) is 0.569. The number of amides is 1. The van der Waals surface area contributed by atoms with Crippen molar-refractivity contribution in [3.63, 3.8) is 0 Å². The van der Waals surface area contributed by atoms with E-state index in [1.807, 2.05) is 31.2 Å². The van der Waals surface area contributed by atoms with Crippen LogP contribution in [0.2, 0.25) is 0 Å². The number of rotatable bonds is 4. The Morgan fingerprint density at radius 1 is 1.17 bits per heavy atom. The van der Waals surface area contributed by atoms with Gasteiger partial charge in [0.1, 0.15) is 11.4 Å². The predicted molar refractivity (Wildman–Crippen MR) is 105 cm³/mol. The highest BCUT2D eigenvalue weighted by molar-refractivity contribution is 5.96. The summed E-state index contributed by atoms with van der Waals surface area (Å²) in [5.74, 6) is 1.45. The minimum Gasteiger partial charge on any atom is -0.463 e. The molecule has 1 saturated heterocycles. The number of carbonyl (C=O) groups is 1. The van der Waals surface area contributed by atoms with E-state index in [4.69, 9.17) is 8.94 Å². The van der Waals surface area contributed by atoms with Crippen LogP contribution in [0.25, 0.3) is 23.0 Å². The molecule has 29 heavy (non-hydrogen) atoms. The number of nitrogens with zero attached hydrogens (tertiary/aromatic N) is 4. The van der Waals surface area contributed by atoms with Gasteiger partial charge in [0.15, 0.2) is 11.6 Å². The van der Waals surface area contributed by atoms with Crippen molar-refractivity contribution in [2.24, 2.45) is 0 Å². The first kappa shape index (κ1) is 17.4. The monoisotopic (exact) mass is 389 g/mol. The van der Waals surface area contributed by atoms with Crippen molar-refractivity contribution in [1.29, 1.82) is 0 Å². The van der Waals surface area contributed by atoms with E-state index in [2.05, 4.69) is 27.3 Å². The third-order valence-electron chi connectivity index (χ3n) is 5.32. The molecule has 1 N–H and O–H groups in total. The summed E-state index contributed by atoms with van der Waals surface area (Å²) in [6.45, 7) is 4.63. The fourth-order valence-corrected chi connectivity index (χ4v) is 3.52. The van der Waals surface area contributed by atoms with E-state index >= 15 is 0 Å². The first-order chi connectivity index (χ1) is 14.1. The molecule has 1 amide bonds. The SMILES string of the molecule is Cc1ccc(N2CC(c3noc(-c4cc(-c5ccco5)n[nH]4)n3)CC2=O)cc1C. The maximum absolute atomic E-state index is 12.6. The summed E-state index contributed by atoms with van der Waals surface area (Å²) in [6, 6.07) is 11.5. The Hall–Kier alpha value is -3.68. The van der Waals surface area contributed by atoms with Crippen LogP contribution < -0.4 is 4.90 Å². The van der Waals surface area contributed by atoms with Crippen LogP contribution in [0, 0.1) is 13.8 Å². The van der Waals surface area contributed by atoms with Crippen LogP contribution in [-0.4, -0.2) is 32.8 Å². The Kier molecular flexibility index (Phi) is 4.04. The lowest BCUT2D eigenvalue weighted by Crippen LogP contribution is -2.24. The van der Waals surface area contributed by atoms with E-state index in [9.17, 15) is 4.79 Å². The van der Waals surface area contributed by atoms with Gasteiger partial charge in [0.25, 0.3) is 5.89 Å². The van der Waals surface area contributed by atoms with Gasteiger partial charge in [-0.15, -0.1) is 0 Å². The number of nitrogens with one attached hydrogen (secondary N) is 1. The van der Waals surface area contributed by atoms with Crippen LogP contribution in [-0.2, 0) is 4.79 Å². The molecule has 0 aliphatic carbocycles. The van der Waals surface area contributed by atoms with E-state index in [1.54, 1.807) is 23.3 Å². The smallest absolute Gasteiger partial charge is 0.275 e. The second-order valence-electron chi connectivity index (χ2n) is 7.28. The topological polar surface area (TPSA) is 101 Å². The molecule has 1 aliphatic heterocycles. The van der Waals surface area contributed by atoms with E-state index in [1.165, 1.54) is 5.56 Å². The van der Waals surface area contributed by atoms with Gasteiger partial charge in [0.05, 0.1) is 6.26 Å². The van der Waals surface area contributed by atoms with Gasteiger partial charge in [-0.25, -0.2) is 0 Å². The molecule has 146 valence electrons. The first-order valence-corrected chi connectivity index (χ1v) is 9.39. The molecule has 0 radical (unpaired) electrons. The summed E-state index contributed by atoms with van der Waals surface area (Å²) in [5, 5.41) is 11.2. The summed E-state index contributed by atoms with van der Waals surface area (Å²) in [6.07, 6.45) is 1.94. The molecule has 8 heteroatoms. The Morgan fingerprint density at radius 3 is 2.86 bits per heavy atom. The fraction of sp³-hybridized carbons (Fsp3) is 0.238. The number of hydrogen-bond acceptors (Lipinski definition) is 6. The summed E-state index contributed by atoms with van der Waals surface area (Å²) in [5.41, 5.74) is 4.52. The number of carbonyl (C=O) groups excluding carboxylic acids is 1. The van der Waals surface area contributed by atoms with Crippen LogP contribution in [0.5, 0.6) is 0 Å². The second-order valence-corrected chi connectivity index (χ2v) is 7.28. The maximum atomic E-state index is 12.6. The summed E-state index contributed by atoms with van der Waals surface area (Å²) in [7, 11) is 0. The normalized spacial score (nSPS) is 16.7. The third kappa shape index (κ3) is 3.12. The summed E-state index contributed by atoms with van der Waals surface area (Å²) >= 11 is 0. The number of aromatic nitrogens is 4. The molecular formula is C21H19N5O3. The first-order valence-electron chi connectivity index (χ1n) is 9.39. The van der Waals surface area contributed by atoms with E-state index in [-0.39, 0.29) is 11.8 Å². The molecule has 4 heterocycles. The van der Waals surface area contributed by atoms with Gasteiger partial charge in [0.2, 0.25) is 5.91 Å². The lowest BCUT2D eigenvalue weighted by molar-refractivity contribution is -0.117. The molecule has 0 spiro atoms. The number of hydrogen-bond donors (Lipinski definition) is 1. The minimum absolute atomic E-state index is 0.0613. The average Bonchev–Trinajstić information content (AvgIpc) is 3.49. The van der Waals surface area contributed by atoms with Crippen LogP contribution >= 0.6 is 0 Å². The molecule has 1 atom stereocenters.